The first-order valence-electron chi connectivity index (χ1n) is 7.52. The van der Waals surface area contributed by atoms with Crippen molar-refractivity contribution in [3.63, 3.8) is 0 Å². The zero-order valence-electron chi connectivity index (χ0n) is 12.2. The van der Waals surface area contributed by atoms with Crippen LogP contribution >= 0.6 is 0 Å². The van der Waals surface area contributed by atoms with Gasteiger partial charge in [-0.25, -0.2) is 4.98 Å². The second-order valence-electron chi connectivity index (χ2n) is 6.09. The lowest BCUT2D eigenvalue weighted by atomic mass is 10.1. The summed E-state index contributed by atoms with van der Waals surface area (Å²) in [4.78, 5) is 22.2. The highest BCUT2D eigenvalue weighted by Gasteiger charge is 2.29. The van der Waals surface area contributed by atoms with E-state index in [1.54, 1.807) is 0 Å². The first-order valence-corrected chi connectivity index (χ1v) is 7.52. The van der Waals surface area contributed by atoms with E-state index >= 15 is 0 Å². The van der Waals surface area contributed by atoms with Crippen LogP contribution in [0, 0.1) is 0 Å². The fourth-order valence-electron chi connectivity index (χ4n) is 2.96. The van der Waals surface area contributed by atoms with E-state index in [0.717, 1.165) is 55.1 Å². The lowest BCUT2D eigenvalue weighted by molar-refractivity contribution is 0.238. The minimum atomic E-state index is 0.0487. The molecule has 3 heterocycles. The normalized spacial score (nSPS) is 18.7. The first-order chi connectivity index (χ1) is 10.2. The van der Waals surface area contributed by atoms with Crippen molar-refractivity contribution in [2.45, 2.75) is 38.3 Å². The van der Waals surface area contributed by atoms with Gasteiger partial charge in [-0.2, -0.15) is 5.10 Å². The average Bonchev–Trinajstić information content (AvgIpc) is 3.24. The monoisotopic (exact) mass is 285 g/mol. The summed E-state index contributed by atoms with van der Waals surface area (Å²) in [5, 5.41) is 4.40. The number of hydrogen-bond acceptors (Lipinski definition) is 4. The third kappa shape index (κ3) is 2.51. The maximum Gasteiger partial charge on any atom is 0.255 e. The molecule has 2 aromatic heterocycles. The molecule has 0 saturated heterocycles. The molecule has 21 heavy (non-hydrogen) atoms. The van der Waals surface area contributed by atoms with Gasteiger partial charge in [0.2, 0.25) is 0 Å². The zero-order valence-corrected chi connectivity index (χ0v) is 12.2. The predicted molar refractivity (Wildman–Crippen MR) is 77.9 cm³/mol. The number of hydrogen-bond donors (Lipinski definition) is 1. The van der Waals surface area contributed by atoms with Crippen LogP contribution in [0.1, 0.15) is 41.5 Å². The molecule has 0 unspecified atom stereocenters. The maximum absolute atomic E-state index is 12.3. The molecule has 110 valence electrons. The fourth-order valence-corrected chi connectivity index (χ4v) is 2.96. The van der Waals surface area contributed by atoms with Crippen molar-refractivity contribution in [2.24, 2.45) is 7.05 Å². The Kier molecular flexibility index (Phi) is 2.92. The van der Waals surface area contributed by atoms with E-state index in [1.807, 2.05) is 24.0 Å². The summed E-state index contributed by atoms with van der Waals surface area (Å²) in [7, 11) is 1.92. The van der Waals surface area contributed by atoms with E-state index in [4.69, 9.17) is 0 Å². The van der Waals surface area contributed by atoms with Gasteiger partial charge in [-0.1, -0.05) is 0 Å². The molecule has 0 bridgehead atoms. The molecule has 0 spiro atoms. The standard InChI is InChI=1S/C15H19N5O/c1-19-6-4-11(18-19)8-20-7-5-13-12(9-20)15(21)17-14(16-13)10-2-3-10/h4,6,10H,2-3,5,7-9H2,1H3,(H,16,17,21). The summed E-state index contributed by atoms with van der Waals surface area (Å²) in [6.45, 7) is 2.38. The third-order valence-corrected chi connectivity index (χ3v) is 4.28. The Hall–Kier alpha value is -1.95. The van der Waals surface area contributed by atoms with Crippen molar-refractivity contribution in [1.82, 2.24) is 24.6 Å². The van der Waals surface area contributed by atoms with E-state index in [9.17, 15) is 4.79 Å². The van der Waals surface area contributed by atoms with Crippen LogP contribution in [0.3, 0.4) is 0 Å². The molecule has 1 aliphatic carbocycles. The molecule has 1 fully saturated rings. The molecule has 0 atom stereocenters. The van der Waals surface area contributed by atoms with Crippen molar-refractivity contribution in [1.29, 1.82) is 0 Å². The van der Waals surface area contributed by atoms with Gasteiger partial charge in [0, 0.05) is 45.2 Å². The van der Waals surface area contributed by atoms with Gasteiger partial charge in [0.15, 0.2) is 0 Å². The number of aromatic amines is 1. The number of aryl methyl sites for hydroxylation is 1. The Morgan fingerprint density at radius 3 is 3.00 bits per heavy atom. The van der Waals surface area contributed by atoms with Crippen LogP contribution in [0.4, 0.5) is 0 Å². The Labute approximate surface area is 122 Å². The Balaban J connectivity index is 1.55. The summed E-state index contributed by atoms with van der Waals surface area (Å²) in [6.07, 6.45) is 5.12. The number of aromatic nitrogens is 4. The van der Waals surface area contributed by atoms with Crippen LogP contribution in [-0.4, -0.2) is 31.2 Å². The van der Waals surface area contributed by atoms with Crippen molar-refractivity contribution in [3.8, 4) is 0 Å². The second-order valence-corrected chi connectivity index (χ2v) is 6.09. The Morgan fingerprint density at radius 1 is 1.43 bits per heavy atom. The first kappa shape index (κ1) is 12.8. The SMILES string of the molecule is Cn1ccc(CN2CCc3nc(C4CC4)[nH]c(=O)c3C2)n1. The minimum Gasteiger partial charge on any atom is -0.310 e. The molecule has 1 N–H and O–H groups in total. The van der Waals surface area contributed by atoms with Crippen LogP contribution in [0.5, 0.6) is 0 Å². The quantitative estimate of drug-likeness (QED) is 0.911. The number of rotatable bonds is 3. The van der Waals surface area contributed by atoms with Gasteiger partial charge >= 0.3 is 0 Å². The van der Waals surface area contributed by atoms with Gasteiger partial charge in [-0.3, -0.25) is 14.4 Å². The van der Waals surface area contributed by atoms with Crippen LogP contribution in [0.15, 0.2) is 17.1 Å². The van der Waals surface area contributed by atoms with E-state index in [0.29, 0.717) is 12.5 Å². The number of nitrogens with zero attached hydrogens (tertiary/aromatic N) is 4. The molecule has 6 nitrogen and oxygen atoms in total. The minimum absolute atomic E-state index is 0.0487. The van der Waals surface area contributed by atoms with Gasteiger partial charge in [-0.05, 0) is 18.9 Å². The molecule has 2 aliphatic rings. The van der Waals surface area contributed by atoms with Crippen molar-refractivity contribution >= 4 is 0 Å². The Morgan fingerprint density at radius 2 is 2.29 bits per heavy atom. The number of nitrogens with one attached hydrogen (secondary N) is 1. The summed E-state index contributed by atoms with van der Waals surface area (Å²) >= 11 is 0. The lowest BCUT2D eigenvalue weighted by Crippen LogP contribution is -2.35. The molecule has 4 rings (SSSR count). The van der Waals surface area contributed by atoms with Gasteiger partial charge in [0.1, 0.15) is 5.82 Å². The van der Waals surface area contributed by atoms with Crippen molar-refractivity contribution in [3.05, 3.63) is 45.4 Å². The molecule has 0 aromatic carbocycles. The predicted octanol–water partition coefficient (Wildman–Crippen LogP) is 0.939. The van der Waals surface area contributed by atoms with Gasteiger partial charge in [0.25, 0.3) is 5.56 Å². The number of fused-ring (bicyclic) bond motifs is 1. The van der Waals surface area contributed by atoms with E-state index in [-0.39, 0.29) is 5.56 Å². The summed E-state index contributed by atoms with van der Waals surface area (Å²) < 4.78 is 1.81. The highest BCUT2D eigenvalue weighted by Crippen LogP contribution is 2.37. The van der Waals surface area contributed by atoms with Gasteiger partial charge in [-0.15, -0.1) is 0 Å². The summed E-state index contributed by atoms with van der Waals surface area (Å²) in [6, 6.07) is 2.02. The van der Waals surface area contributed by atoms with Crippen LogP contribution < -0.4 is 5.56 Å². The third-order valence-electron chi connectivity index (χ3n) is 4.28. The lowest BCUT2D eigenvalue weighted by Gasteiger charge is -2.27. The highest BCUT2D eigenvalue weighted by atomic mass is 16.1. The molecular weight excluding hydrogens is 266 g/mol. The summed E-state index contributed by atoms with van der Waals surface area (Å²) in [5.74, 6) is 1.39. The average molecular weight is 285 g/mol. The van der Waals surface area contributed by atoms with Gasteiger partial charge in [0.05, 0.1) is 17.0 Å². The number of H-pyrrole nitrogens is 1. The molecule has 1 aliphatic heterocycles. The Bertz CT molecular complexity index is 728. The van der Waals surface area contributed by atoms with E-state index in [1.165, 1.54) is 0 Å². The van der Waals surface area contributed by atoms with Crippen LogP contribution in [0.2, 0.25) is 0 Å². The highest BCUT2D eigenvalue weighted by molar-refractivity contribution is 5.23. The van der Waals surface area contributed by atoms with E-state index < -0.39 is 0 Å². The molecule has 0 radical (unpaired) electrons. The van der Waals surface area contributed by atoms with Crippen molar-refractivity contribution < 1.29 is 0 Å². The largest absolute Gasteiger partial charge is 0.310 e. The van der Waals surface area contributed by atoms with Crippen LogP contribution in [0.25, 0.3) is 0 Å². The van der Waals surface area contributed by atoms with Crippen LogP contribution in [-0.2, 0) is 26.6 Å². The maximum atomic E-state index is 12.3. The van der Waals surface area contributed by atoms with Gasteiger partial charge < -0.3 is 4.98 Å². The summed E-state index contributed by atoms with van der Waals surface area (Å²) in [5.41, 5.74) is 2.92. The molecule has 2 aromatic rings. The molecule has 0 amide bonds. The van der Waals surface area contributed by atoms with E-state index in [2.05, 4.69) is 20.0 Å². The smallest absolute Gasteiger partial charge is 0.255 e. The second kappa shape index (κ2) is 4.80. The molecule has 1 saturated carbocycles. The molecular formula is C15H19N5O. The zero-order chi connectivity index (χ0) is 14.4. The fraction of sp³-hybridized carbons (Fsp3) is 0.533. The topological polar surface area (TPSA) is 66.8 Å². The van der Waals surface area contributed by atoms with Crippen molar-refractivity contribution in [2.75, 3.05) is 6.54 Å². The molecule has 6 heteroatoms.